The third kappa shape index (κ3) is 2.72. The molecular weight excluding hydrogens is 184 g/mol. The number of ether oxygens (including phenoxy) is 1. The van der Waals surface area contributed by atoms with Crippen LogP contribution in [0.5, 0.6) is 5.75 Å². The second-order valence-electron chi connectivity index (χ2n) is 2.60. The largest absolute Gasteiger partial charge is 0.495 e. The molecule has 0 aliphatic rings. The minimum absolute atomic E-state index is 0.0714. The summed E-state index contributed by atoms with van der Waals surface area (Å²) < 4.78 is 5.05. The number of carbonyl (C=O) groups excluding carboxylic acids is 1. The molecule has 0 fully saturated rings. The van der Waals surface area contributed by atoms with E-state index in [0.29, 0.717) is 11.4 Å². The van der Waals surface area contributed by atoms with E-state index in [-0.39, 0.29) is 12.5 Å². The van der Waals surface area contributed by atoms with E-state index in [4.69, 9.17) is 4.74 Å². The molecule has 14 heavy (non-hydrogen) atoms. The van der Waals surface area contributed by atoms with Crippen molar-refractivity contribution in [3.8, 4) is 5.75 Å². The van der Waals surface area contributed by atoms with Crippen LogP contribution in [0.2, 0.25) is 0 Å². The standard InChI is InChI=1S/C9H12N2O3/c1-13-8-5-3-2-4-7(8)11-9(12)6-14-10/h2-5H,6H2,1,10H3/p+1. The van der Waals surface area contributed by atoms with Crippen LogP contribution in [0.4, 0.5) is 5.69 Å². The molecule has 0 bridgehead atoms. The van der Waals surface area contributed by atoms with Crippen molar-refractivity contribution in [3.63, 3.8) is 0 Å². The lowest BCUT2D eigenvalue weighted by Gasteiger charge is -2.08. The Morgan fingerprint density at radius 2 is 2.21 bits per heavy atom. The molecule has 0 saturated carbocycles. The molecule has 0 aliphatic carbocycles. The Morgan fingerprint density at radius 3 is 2.86 bits per heavy atom. The number of para-hydroxylation sites is 2. The van der Waals surface area contributed by atoms with Crippen LogP contribution in [-0.4, -0.2) is 19.6 Å². The van der Waals surface area contributed by atoms with Crippen molar-refractivity contribution in [3.05, 3.63) is 24.3 Å². The number of rotatable bonds is 4. The maximum absolute atomic E-state index is 11.1. The average molecular weight is 197 g/mol. The Bertz CT molecular complexity index is 315. The first-order chi connectivity index (χ1) is 6.77. The molecular formula is C9H13N2O3+. The molecule has 4 N–H and O–H groups in total. The summed E-state index contributed by atoms with van der Waals surface area (Å²) in [6.45, 7) is -0.0714. The summed E-state index contributed by atoms with van der Waals surface area (Å²) in [4.78, 5) is 15.6. The summed E-state index contributed by atoms with van der Waals surface area (Å²) in [7, 11) is 1.54. The van der Waals surface area contributed by atoms with Crippen LogP contribution >= 0.6 is 0 Å². The summed E-state index contributed by atoms with van der Waals surface area (Å²) >= 11 is 0. The molecule has 0 spiro atoms. The summed E-state index contributed by atoms with van der Waals surface area (Å²) in [6.07, 6.45) is 0. The van der Waals surface area contributed by atoms with Gasteiger partial charge in [0.2, 0.25) is 0 Å². The third-order valence-electron chi connectivity index (χ3n) is 1.61. The van der Waals surface area contributed by atoms with Crippen LogP contribution in [0.3, 0.4) is 0 Å². The van der Waals surface area contributed by atoms with Crippen molar-refractivity contribution in [1.29, 1.82) is 0 Å². The molecule has 0 heterocycles. The Balaban J connectivity index is 2.70. The van der Waals surface area contributed by atoms with Crippen molar-refractivity contribution in [1.82, 2.24) is 0 Å². The molecule has 1 aromatic rings. The van der Waals surface area contributed by atoms with Crippen molar-refractivity contribution >= 4 is 11.6 Å². The van der Waals surface area contributed by atoms with Gasteiger partial charge in [-0.1, -0.05) is 12.1 Å². The van der Waals surface area contributed by atoms with Crippen LogP contribution in [0, 0.1) is 0 Å². The Hall–Kier alpha value is -1.59. The van der Waals surface area contributed by atoms with Crippen LogP contribution in [0.15, 0.2) is 24.3 Å². The van der Waals surface area contributed by atoms with E-state index in [0.717, 1.165) is 0 Å². The highest BCUT2D eigenvalue weighted by molar-refractivity contribution is 5.93. The highest BCUT2D eigenvalue weighted by atomic mass is 16.6. The van der Waals surface area contributed by atoms with Crippen molar-refractivity contribution < 1.29 is 20.3 Å². The van der Waals surface area contributed by atoms with Crippen LogP contribution < -0.4 is 16.0 Å². The Labute approximate surface area is 81.8 Å². The number of hydrogen-bond acceptors (Lipinski definition) is 3. The maximum Gasteiger partial charge on any atom is 0.256 e. The number of benzene rings is 1. The molecule has 5 heteroatoms. The van der Waals surface area contributed by atoms with Gasteiger partial charge in [-0.25, -0.2) is 5.90 Å². The topological polar surface area (TPSA) is 75.2 Å². The fourth-order valence-electron chi connectivity index (χ4n) is 1.03. The molecule has 0 atom stereocenters. The molecule has 0 radical (unpaired) electrons. The van der Waals surface area contributed by atoms with E-state index in [2.05, 4.69) is 16.1 Å². The fourth-order valence-corrected chi connectivity index (χ4v) is 1.03. The molecule has 0 saturated heterocycles. The normalized spacial score (nSPS) is 9.57. The predicted octanol–water partition coefficient (Wildman–Crippen LogP) is -0.193. The quantitative estimate of drug-likeness (QED) is 0.657. The molecule has 1 rings (SSSR count). The smallest absolute Gasteiger partial charge is 0.256 e. The monoisotopic (exact) mass is 197 g/mol. The lowest BCUT2D eigenvalue weighted by molar-refractivity contribution is -0.685. The van der Waals surface area contributed by atoms with E-state index >= 15 is 0 Å². The second kappa shape index (κ2) is 5.21. The molecule has 76 valence electrons. The van der Waals surface area contributed by atoms with Gasteiger partial charge in [0, 0.05) is 0 Å². The number of hydrogen-bond donors (Lipinski definition) is 2. The van der Waals surface area contributed by atoms with Crippen molar-refractivity contribution in [2.75, 3.05) is 19.0 Å². The van der Waals surface area contributed by atoms with Gasteiger partial charge in [0.15, 0.2) is 6.61 Å². The van der Waals surface area contributed by atoms with Crippen molar-refractivity contribution in [2.45, 2.75) is 0 Å². The SMILES string of the molecule is COc1ccccc1NC(=O)CO[NH3+]. The molecule has 1 amide bonds. The van der Waals surface area contributed by atoms with Crippen LogP contribution in [-0.2, 0) is 9.63 Å². The second-order valence-corrected chi connectivity index (χ2v) is 2.60. The number of nitrogens with one attached hydrogen (secondary N) is 1. The maximum atomic E-state index is 11.1. The van der Waals surface area contributed by atoms with Crippen LogP contribution in [0.1, 0.15) is 0 Å². The van der Waals surface area contributed by atoms with Gasteiger partial charge in [-0.3, -0.25) is 4.79 Å². The van der Waals surface area contributed by atoms with E-state index in [1.165, 1.54) is 0 Å². The first kappa shape index (κ1) is 10.5. The van der Waals surface area contributed by atoms with Gasteiger partial charge in [0.1, 0.15) is 5.75 Å². The number of quaternary nitrogens is 1. The number of amides is 1. The van der Waals surface area contributed by atoms with Gasteiger partial charge in [0.05, 0.1) is 12.8 Å². The minimum atomic E-state index is -0.260. The zero-order valence-corrected chi connectivity index (χ0v) is 7.95. The molecule has 5 nitrogen and oxygen atoms in total. The summed E-state index contributed by atoms with van der Waals surface area (Å²) in [5.74, 6) is 3.47. The molecule has 0 aliphatic heterocycles. The third-order valence-corrected chi connectivity index (χ3v) is 1.61. The van der Waals surface area contributed by atoms with Gasteiger partial charge in [-0.05, 0) is 12.1 Å². The number of carbonyl (C=O) groups is 1. The van der Waals surface area contributed by atoms with Gasteiger partial charge in [0.25, 0.3) is 5.91 Å². The minimum Gasteiger partial charge on any atom is -0.495 e. The van der Waals surface area contributed by atoms with Crippen LogP contribution in [0.25, 0.3) is 0 Å². The average Bonchev–Trinajstić information content (AvgIpc) is 2.19. The van der Waals surface area contributed by atoms with Crippen molar-refractivity contribution in [2.24, 2.45) is 0 Å². The molecule has 0 unspecified atom stereocenters. The van der Waals surface area contributed by atoms with E-state index in [1.54, 1.807) is 19.2 Å². The summed E-state index contributed by atoms with van der Waals surface area (Å²) in [5.41, 5.74) is 0.622. The van der Waals surface area contributed by atoms with E-state index in [1.807, 2.05) is 12.1 Å². The lowest BCUT2D eigenvalue weighted by Crippen LogP contribution is -2.50. The van der Waals surface area contributed by atoms with E-state index in [9.17, 15) is 4.79 Å². The lowest BCUT2D eigenvalue weighted by atomic mass is 10.3. The fraction of sp³-hybridized carbons (Fsp3) is 0.222. The zero-order chi connectivity index (χ0) is 10.4. The zero-order valence-electron chi connectivity index (χ0n) is 7.95. The first-order valence-corrected chi connectivity index (χ1v) is 4.07. The van der Waals surface area contributed by atoms with Gasteiger partial charge < -0.3 is 10.1 Å². The van der Waals surface area contributed by atoms with Gasteiger partial charge >= 0.3 is 0 Å². The number of anilines is 1. The predicted molar refractivity (Wildman–Crippen MR) is 50.5 cm³/mol. The summed E-state index contributed by atoms with van der Waals surface area (Å²) in [5, 5.41) is 2.63. The Kier molecular flexibility index (Phi) is 3.90. The van der Waals surface area contributed by atoms with E-state index < -0.39 is 0 Å². The van der Waals surface area contributed by atoms with Gasteiger partial charge in [-0.2, -0.15) is 4.84 Å². The highest BCUT2D eigenvalue weighted by Crippen LogP contribution is 2.22. The molecule has 0 aromatic heterocycles. The first-order valence-electron chi connectivity index (χ1n) is 4.07. The summed E-state index contributed by atoms with van der Waals surface area (Å²) in [6, 6.07) is 7.15. The van der Waals surface area contributed by atoms with Gasteiger partial charge in [-0.15, -0.1) is 0 Å². The number of methoxy groups -OCH3 is 1. The molecule has 1 aromatic carbocycles. The highest BCUT2D eigenvalue weighted by Gasteiger charge is 2.06. The Morgan fingerprint density at radius 1 is 1.50 bits per heavy atom.